The summed E-state index contributed by atoms with van der Waals surface area (Å²) in [6, 6.07) is -2.21. The first-order chi connectivity index (χ1) is 9.83. The van der Waals surface area contributed by atoms with Crippen molar-refractivity contribution in [1.82, 2.24) is 15.4 Å². The predicted octanol–water partition coefficient (Wildman–Crippen LogP) is -1.97. The minimum Gasteiger partial charge on any atom is -0.394 e. The van der Waals surface area contributed by atoms with Crippen LogP contribution in [0.2, 0.25) is 0 Å². The molecule has 2 heterocycles. The van der Waals surface area contributed by atoms with Crippen molar-refractivity contribution in [3.05, 3.63) is 0 Å². The maximum absolute atomic E-state index is 12.0. The highest BCUT2D eigenvalue weighted by Gasteiger charge is 2.49. The molecule has 2 saturated heterocycles. The summed E-state index contributed by atoms with van der Waals surface area (Å²) >= 11 is 0. The molecular formula is C9H15N3O8S. The van der Waals surface area contributed by atoms with Crippen LogP contribution in [-0.4, -0.2) is 71.8 Å². The molecule has 0 radical (unpaired) electrons. The molecule has 3 amide bonds. The smallest absolute Gasteiger partial charge is 0.394 e. The molecule has 0 saturated carbocycles. The van der Waals surface area contributed by atoms with Crippen LogP contribution in [0, 0.1) is 0 Å². The Morgan fingerprint density at radius 1 is 1.43 bits per heavy atom. The number of amides is 3. The van der Waals surface area contributed by atoms with Gasteiger partial charge in [-0.3, -0.25) is 14.2 Å². The minimum absolute atomic E-state index is 0.0903. The topological polar surface area (TPSA) is 146 Å². The van der Waals surface area contributed by atoms with Gasteiger partial charge in [-0.15, -0.1) is 4.28 Å². The lowest BCUT2D eigenvalue weighted by molar-refractivity contribution is -0.139. The second-order valence-electron chi connectivity index (χ2n) is 4.55. The van der Waals surface area contributed by atoms with Crippen LogP contribution >= 0.6 is 0 Å². The van der Waals surface area contributed by atoms with Crippen molar-refractivity contribution in [3.63, 3.8) is 0 Å². The van der Waals surface area contributed by atoms with Crippen LogP contribution < -0.4 is 5.48 Å². The van der Waals surface area contributed by atoms with Crippen LogP contribution in [0.4, 0.5) is 4.79 Å². The van der Waals surface area contributed by atoms with Crippen molar-refractivity contribution < 1.29 is 36.8 Å². The number of hydroxylamine groups is 3. The average molecular weight is 325 g/mol. The van der Waals surface area contributed by atoms with E-state index in [9.17, 15) is 18.0 Å². The summed E-state index contributed by atoms with van der Waals surface area (Å²) in [4.78, 5) is 29.7. The molecule has 12 heteroatoms. The Labute approximate surface area is 120 Å². The SMILES string of the molecule is O=C(NOCCO)C1CCC2CN1C(=O)N2OS(=O)(=O)O. The number of hydrogen-bond acceptors (Lipinski definition) is 7. The molecule has 2 atom stereocenters. The van der Waals surface area contributed by atoms with E-state index in [0.717, 1.165) is 4.90 Å². The molecule has 0 spiro atoms. The second-order valence-corrected chi connectivity index (χ2v) is 5.55. The molecule has 0 aromatic rings. The maximum atomic E-state index is 12.0. The van der Waals surface area contributed by atoms with Gasteiger partial charge in [0.05, 0.1) is 19.3 Å². The van der Waals surface area contributed by atoms with Crippen LogP contribution in [0.25, 0.3) is 0 Å². The van der Waals surface area contributed by atoms with E-state index in [0.29, 0.717) is 11.5 Å². The molecule has 120 valence electrons. The fourth-order valence-electron chi connectivity index (χ4n) is 2.34. The summed E-state index contributed by atoms with van der Waals surface area (Å²) in [5.74, 6) is -0.580. The van der Waals surface area contributed by atoms with Crippen LogP contribution in [0.1, 0.15) is 12.8 Å². The van der Waals surface area contributed by atoms with Gasteiger partial charge in [0.15, 0.2) is 0 Å². The summed E-state index contributed by atoms with van der Waals surface area (Å²) < 4.78 is 34.3. The number of aliphatic hydroxyl groups excluding tert-OH is 1. The number of piperidine rings is 1. The fourth-order valence-corrected chi connectivity index (χ4v) is 2.73. The molecular weight excluding hydrogens is 310 g/mol. The van der Waals surface area contributed by atoms with E-state index in [-0.39, 0.29) is 26.2 Å². The molecule has 2 aliphatic heterocycles. The lowest BCUT2D eigenvalue weighted by Crippen LogP contribution is -2.49. The number of hydrogen-bond donors (Lipinski definition) is 3. The first-order valence-corrected chi connectivity index (χ1v) is 7.49. The summed E-state index contributed by atoms with van der Waals surface area (Å²) in [5.41, 5.74) is 2.10. The number of carbonyl (C=O) groups excluding carboxylic acids is 2. The Bertz CT molecular complexity index is 523. The highest BCUT2D eigenvalue weighted by Crippen LogP contribution is 2.30. The Balaban J connectivity index is 2.01. The maximum Gasteiger partial charge on any atom is 0.418 e. The van der Waals surface area contributed by atoms with Gasteiger partial charge in [0, 0.05) is 6.54 Å². The van der Waals surface area contributed by atoms with Crippen molar-refractivity contribution in [2.75, 3.05) is 19.8 Å². The van der Waals surface area contributed by atoms with Gasteiger partial charge < -0.3 is 10.0 Å². The van der Waals surface area contributed by atoms with E-state index in [4.69, 9.17) is 9.66 Å². The molecule has 2 fully saturated rings. The largest absolute Gasteiger partial charge is 0.418 e. The third-order valence-electron chi connectivity index (χ3n) is 3.17. The van der Waals surface area contributed by atoms with Crippen molar-refractivity contribution >= 4 is 22.3 Å². The van der Waals surface area contributed by atoms with E-state index in [1.807, 2.05) is 0 Å². The second kappa shape index (κ2) is 6.11. The molecule has 21 heavy (non-hydrogen) atoms. The number of fused-ring (bicyclic) bond motifs is 2. The zero-order valence-corrected chi connectivity index (χ0v) is 11.7. The van der Waals surface area contributed by atoms with E-state index >= 15 is 0 Å². The molecule has 2 unspecified atom stereocenters. The molecule has 3 N–H and O–H groups in total. The first kappa shape index (κ1) is 15.9. The zero-order chi connectivity index (χ0) is 15.6. The number of nitrogens with zero attached hydrogens (tertiary/aromatic N) is 2. The van der Waals surface area contributed by atoms with Crippen molar-refractivity contribution in [2.45, 2.75) is 24.9 Å². The third-order valence-corrected chi connectivity index (χ3v) is 3.52. The number of carbonyl (C=O) groups is 2. The summed E-state index contributed by atoms with van der Waals surface area (Å²) in [6.45, 7) is -0.259. The Morgan fingerprint density at radius 2 is 2.14 bits per heavy atom. The lowest BCUT2D eigenvalue weighted by atomic mass is 10.0. The van der Waals surface area contributed by atoms with Crippen molar-refractivity contribution in [3.8, 4) is 0 Å². The number of aliphatic hydroxyl groups is 1. The van der Waals surface area contributed by atoms with Gasteiger partial charge in [-0.1, -0.05) is 0 Å². The lowest BCUT2D eigenvalue weighted by Gasteiger charge is -2.28. The number of urea groups is 1. The first-order valence-electron chi connectivity index (χ1n) is 6.13. The van der Waals surface area contributed by atoms with E-state index in [2.05, 4.69) is 14.6 Å². The summed E-state index contributed by atoms with van der Waals surface area (Å²) in [6.07, 6.45) is 0.617. The van der Waals surface area contributed by atoms with Crippen LogP contribution in [0.15, 0.2) is 0 Å². The van der Waals surface area contributed by atoms with Gasteiger partial charge in [0.25, 0.3) is 5.91 Å². The van der Waals surface area contributed by atoms with Gasteiger partial charge >= 0.3 is 16.4 Å². The Morgan fingerprint density at radius 3 is 2.76 bits per heavy atom. The zero-order valence-electron chi connectivity index (χ0n) is 10.8. The summed E-state index contributed by atoms with van der Waals surface area (Å²) in [5, 5.41) is 9.09. The van der Waals surface area contributed by atoms with Gasteiger partial charge in [-0.05, 0) is 12.8 Å². The van der Waals surface area contributed by atoms with Gasteiger partial charge in [0.1, 0.15) is 6.04 Å². The van der Waals surface area contributed by atoms with Crippen LogP contribution in [0.5, 0.6) is 0 Å². The van der Waals surface area contributed by atoms with Crippen molar-refractivity contribution in [1.29, 1.82) is 0 Å². The molecule has 0 aromatic heterocycles. The van der Waals surface area contributed by atoms with Crippen LogP contribution in [-0.2, 0) is 24.3 Å². The molecule has 0 aromatic carbocycles. The molecule has 2 aliphatic rings. The number of rotatable bonds is 6. The fraction of sp³-hybridized carbons (Fsp3) is 0.778. The minimum atomic E-state index is -4.81. The monoisotopic (exact) mass is 325 g/mol. The third kappa shape index (κ3) is 3.59. The van der Waals surface area contributed by atoms with E-state index in [1.165, 1.54) is 0 Å². The molecule has 2 bridgehead atoms. The van der Waals surface area contributed by atoms with Crippen LogP contribution in [0.3, 0.4) is 0 Å². The molecule has 11 nitrogen and oxygen atoms in total. The highest BCUT2D eigenvalue weighted by atomic mass is 32.3. The normalized spacial score (nSPS) is 25.3. The van der Waals surface area contributed by atoms with E-state index in [1.54, 1.807) is 0 Å². The van der Waals surface area contributed by atoms with Crippen molar-refractivity contribution in [2.24, 2.45) is 0 Å². The quantitative estimate of drug-likeness (QED) is 0.289. The standard InChI is InChI=1S/C9H15N3O8S/c13-3-4-19-10-8(14)7-2-1-6-5-11(7)9(15)12(6)20-21(16,17)18/h6-7,13H,1-5H2,(H,10,14)(H,16,17,18). The number of nitrogens with one attached hydrogen (secondary N) is 1. The van der Waals surface area contributed by atoms with E-state index < -0.39 is 34.4 Å². The Kier molecular flexibility index (Phi) is 4.63. The summed E-state index contributed by atoms with van der Waals surface area (Å²) in [7, 11) is -4.81. The van der Waals surface area contributed by atoms with Gasteiger partial charge in [-0.2, -0.15) is 13.5 Å². The average Bonchev–Trinajstić information content (AvgIpc) is 2.63. The predicted molar refractivity (Wildman–Crippen MR) is 64.6 cm³/mol. The Hall–Kier alpha value is -1.47. The molecule has 2 rings (SSSR count). The molecule has 0 aliphatic carbocycles. The van der Waals surface area contributed by atoms with Gasteiger partial charge in [-0.25, -0.2) is 10.3 Å². The highest BCUT2D eigenvalue weighted by molar-refractivity contribution is 7.80. The van der Waals surface area contributed by atoms with Gasteiger partial charge in [0.2, 0.25) is 0 Å².